The molecule has 0 aliphatic heterocycles. The second-order valence-electron chi connectivity index (χ2n) is 4.85. The summed E-state index contributed by atoms with van der Waals surface area (Å²) in [6.07, 6.45) is 2.49. The van der Waals surface area contributed by atoms with Crippen LogP contribution in [-0.4, -0.2) is 21.6 Å². The fourth-order valence-electron chi connectivity index (χ4n) is 1.83. The zero-order valence-corrected chi connectivity index (χ0v) is 10.5. The summed E-state index contributed by atoms with van der Waals surface area (Å²) in [5.74, 6) is -0.268. The Balaban J connectivity index is 2.15. The maximum Gasteiger partial charge on any atom is 0.355 e. The lowest BCUT2D eigenvalue weighted by Crippen LogP contribution is -2.33. The predicted octanol–water partition coefficient (Wildman–Crippen LogP) is 2.75. The molecule has 1 aliphatic rings. The average molecular weight is 240 g/mol. The van der Waals surface area contributed by atoms with Crippen molar-refractivity contribution >= 4 is 22.4 Å². The van der Waals surface area contributed by atoms with Crippen molar-refractivity contribution in [3.8, 4) is 0 Å². The molecule has 88 valence electrons. The van der Waals surface area contributed by atoms with Crippen LogP contribution in [0.3, 0.4) is 0 Å². The van der Waals surface area contributed by atoms with Crippen LogP contribution in [0.15, 0.2) is 0 Å². The Kier molecular flexibility index (Phi) is 2.66. The van der Waals surface area contributed by atoms with Gasteiger partial charge in [-0.3, -0.25) is 0 Å². The van der Waals surface area contributed by atoms with E-state index in [0.717, 1.165) is 4.88 Å². The first-order valence-corrected chi connectivity index (χ1v) is 6.20. The van der Waals surface area contributed by atoms with Gasteiger partial charge >= 0.3 is 5.97 Å². The van der Waals surface area contributed by atoms with E-state index in [1.165, 1.54) is 24.2 Å². The molecule has 0 unspecified atom stereocenters. The number of aryl methyl sites for hydroxylation is 1. The zero-order valence-electron chi connectivity index (χ0n) is 9.70. The van der Waals surface area contributed by atoms with Gasteiger partial charge in [0.2, 0.25) is 0 Å². The van der Waals surface area contributed by atoms with E-state index in [-0.39, 0.29) is 11.2 Å². The molecule has 0 amide bonds. The summed E-state index contributed by atoms with van der Waals surface area (Å²) < 4.78 is 0. The molecule has 2 rings (SSSR count). The van der Waals surface area contributed by atoms with Crippen molar-refractivity contribution in [2.45, 2.75) is 39.2 Å². The number of rotatable bonds is 4. The summed E-state index contributed by atoms with van der Waals surface area (Å²) in [5.41, 5.74) is 0.180. The molecule has 4 nitrogen and oxygen atoms in total. The van der Waals surface area contributed by atoms with E-state index in [1.54, 1.807) is 6.92 Å². The number of nitrogens with one attached hydrogen (secondary N) is 1. The largest absolute Gasteiger partial charge is 0.476 e. The molecular formula is C11H16N2O2S. The monoisotopic (exact) mass is 240 g/mol. The number of aromatic nitrogens is 1. The van der Waals surface area contributed by atoms with Crippen LogP contribution in [-0.2, 0) is 0 Å². The molecule has 0 radical (unpaired) electrons. The Morgan fingerprint density at radius 3 is 2.62 bits per heavy atom. The van der Waals surface area contributed by atoms with Gasteiger partial charge in [0.05, 0.1) is 0 Å². The van der Waals surface area contributed by atoms with Crippen molar-refractivity contribution in [2.75, 3.05) is 5.32 Å². The Morgan fingerprint density at radius 1 is 1.56 bits per heavy atom. The van der Waals surface area contributed by atoms with Gasteiger partial charge in [0, 0.05) is 10.4 Å². The van der Waals surface area contributed by atoms with Gasteiger partial charge in [-0.1, -0.05) is 0 Å². The Labute approximate surface area is 98.7 Å². The summed E-state index contributed by atoms with van der Waals surface area (Å²) in [4.78, 5) is 15.7. The van der Waals surface area contributed by atoms with Crippen LogP contribution in [0.1, 0.15) is 42.1 Å². The molecule has 1 aliphatic carbocycles. The van der Waals surface area contributed by atoms with Gasteiger partial charge in [-0.05, 0) is 39.5 Å². The van der Waals surface area contributed by atoms with E-state index in [0.29, 0.717) is 11.0 Å². The van der Waals surface area contributed by atoms with Gasteiger partial charge in [0.25, 0.3) is 0 Å². The number of carbonyl (C=O) groups is 1. The molecule has 2 N–H and O–H groups in total. The Morgan fingerprint density at radius 2 is 2.19 bits per heavy atom. The highest BCUT2D eigenvalue weighted by atomic mass is 32.1. The topological polar surface area (TPSA) is 62.2 Å². The van der Waals surface area contributed by atoms with E-state index >= 15 is 0 Å². The van der Waals surface area contributed by atoms with Gasteiger partial charge < -0.3 is 10.4 Å². The number of anilines is 1. The summed E-state index contributed by atoms with van der Waals surface area (Å²) in [6.45, 7) is 6.07. The maximum atomic E-state index is 10.9. The van der Waals surface area contributed by atoms with Crippen molar-refractivity contribution in [1.82, 2.24) is 4.98 Å². The number of aromatic carboxylic acids is 1. The number of carboxylic acids is 1. The van der Waals surface area contributed by atoms with Crippen molar-refractivity contribution in [3.63, 3.8) is 0 Å². The van der Waals surface area contributed by atoms with Crippen molar-refractivity contribution in [2.24, 2.45) is 5.92 Å². The fourth-order valence-corrected chi connectivity index (χ4v) is 2.80. The number of carboxylic acid groups (broad SMARTS) is 1. The molecular weight excluding hydrogens is 224 g/mol. The highest BCUT2D eigenvalue weighted by molar-refractivity contribution is 7.15. The summed E-state index contributed by atoms with van der Waals surface area (Å²) in [5, 5.41) is 13.0. The first-order valence-electron chi connectivity index (χ1n) is 5.39. The lowest BCUT2D eigenvalue weighted by Gasteiger charge is -2.25. The molecule has 1 aromatic rings. The van der Waals surface area contributed by atoms with Crippen molar-refractivity contribution in [3.05, 3.63) is 10.6 Å². The maximum absolute atomic E-state index is 10.9. The fraction of sp³-hybridized carbons (Fsp3) is 0.636. The molecule has 1 fully saturated rings. The second-order valence-corrected chi connectivity index (χ2v) is 6.05. The Bertz CT molecular complexity index is 422. The lowest BCUT2D eigenvalue weighted by atomic mass is 9.99. The average Bonchev–Trinajstić information content (AvgIpc) is 2.91. The van der Waals surface area contributed by atoms with Crippen LogP contribution in [0.2, 0.25) is 0 Å². The first-order chi connectivity index (χ1) is 7.40. The highest BCUT2D eigenvalue weighted by Crippen LogP contribution is 2.41. The SMILES string of the molecule is Cc1sc(NC(C)(C)C2CC2)nc1C(=O)O. The van der Waals surface area contributed by atoms with Crippen LogP contribution in [0, 0.1) is 12.8 Å². The minimum Gasteiger partial charge on any atom is -0.476 e. The zero-order chi connectivity index (χ0) is 11.9. The van der Waals surface area contributed by atoms with Crippen molar-refractivity contribution in [1.29, 1.82) is 0 Å². The van der Waals surface area contributed by atoms with Crippen LogP contribution in [0.4, 0.5) is 5.13 Å². The van der Waals surface area contributed by atoms with E-state index in [4.69, 9.17) is 5.11 Å². The van der Waals surface area contributed by atoms with E-state index < -0.39 is 5.97 Å². The van der Waals surface area contributed by atoms with Gasteiger partial charge in [-0.2, -0.15) is 0 Å². The van der Waals surface area contributed by atoms with Gasteiger partial charge in [0.15, 0.2) is 10.8 Å². The van der Waals surface area contributed by atoms with Crippen LogP contribution >= 0.6 is 11.3 Å². The van der Waals surface area contributed by atoms with E-state index in [2.05, 4.69) is 24.1 Å². The minimum atomic E-state index is -0.953. The molecule has 16 heavy (non-hydrogen) atoms. The number of thiazole rings is 1. The third-order valence-electron chi connectivity index (χ3n) is 3.03. The number of hydrogen-bond acceptors (Lipinski definition) is 4. The van der Waals surface area contributed by atoms with Crippen LogP contribution in [0.25, 0.3) is 0 Å². The Hall–Kier alpha value is -1.10. The predicted molar refractivity (Wildman–Crippen MR) is 64.2 cm³/mol. The normalized spacial score (nSPS) is 16.2. The molecule has 1 heterocycles. The molecule has 0 saturated heterocycles. The number of hydrogen-bond donors (Lipinski definition) is 2. The van der Waals surface area contributed by atoms with Crippen LogP contribution in [0.5, 0.6) is 0 Å². The second kappa shape index (κ2) is 3.73. The molecule has 1 aromatic heterocycles. The summed E-state index contributed by atoms with van der Waals surface area (Å²) in [7, 11) is 0. The molecule has 0 spiro atoms. The molecule has 0 bridgehead atoms. The minimum absolute atomic E-state index is 0.0140. The molecule has 0 atom stereocenters. The lowest BCUT2D eigenvalue weighted by molar-refractivity contribution is 0.0690. The van der Waals surface area contributed by atoms with E-state index in [1.807, 2.05) is 0 Å². The first kappa shape index (κ1) is 11.4. The highest BCUT2D eigenvalue weighted by Gasteiger charge is 2.38. The standard InChI is InChI=1S/C11H16N2O2S/c1-6-8(9(14)15)12-10(16-6)13-11(2,3)7-4-5-7/h7H,4-5H2,1-3H3,(H,12,13)(H,14,15). The smallest absolute Gasteiger partial charge is 0.355 e. The third kappa shape index (κ3) is 2.19. The van der Waals surface area contributed by atoms with Crippen molar-refractivity contribution < 1.29 is 9.90 Å². The molecule has 1 saturated carbocycles. The number of nitrogens with zero attached hydrogens (tertiary/aromatic N) is 1. The quantitative estimate of drug-likeness (QED) is 0.849. The molecule has 5 heteroatoms. The van der Waals surface area contributed by atoms with Gasteiger partial charge in [-0.15, -0.1) is 11.3 Å². The van der Waals surface area contributed by atoms with Gasteiger partial charge in [-0.25, -0.2) is 9.78 Å². The van der Waals surface area contributed by atoms with E-state index in [9.17, 15) is 4.79 Å². The summed E-state index contributed by atoms with van der Waals surface area (Å²) >= 11 is 1.41. The summed E-state index contributed by atoms with van der Waals surface area (Å²) in [6, 6.07) is 0. The molecule has 0 aromatic carbocycles. The van der Waals surface area contributed by atoms with Gasteiger partial charge in [0.1, 0.15) is 0 Å². The third-order valence-corrected chi connectivity index (χ3v) is 3.91. The van der Waals surface area contributed by atoms with Crippen LogP contribution < -0.4 is 5.32 Å².